The van der Waals surface area contributed by atoms with Crippen molar-refractivity contribution in [2.75, 3.05) is 0 Å². The lowest BCUT2D eigenvalue weighted by Crippen LogP contribution is -2.51. The molecule has 0 unspecified atom stereocenters. The molecule has 4 heteroatoms. The topological polar surface area (TPSA) is 26.3 Å². The number of alkyl halides is 2. The molecule has 0 saturated heterocycles. The Bertz CT molecular complexity index is 307. The van der Waals surface area contributed by atoms with Gasteiger partial charge in [0.25, 0.3) is 0 Å². The number of esters is 1. The molecule has 0 amide bonds. The predicted molar refractivity (Wildman–Crippen MR) is 57.5 cm³/mol. The van der Waals surface area contributed by atoms with Gasteiger partial charge in [-0.25, -0.2) is 4.79 Å². The monoisotopic (exact) mass is 244 g/mol. The van der Waals surface area contributed by atoms with Crippen LogP contribution in [0.1, 0.15) is 39.0 Å². The highest BCUT2D eigenvalue weighted by molar-refractivity contribution is 5.77. The summed E-state index contributed by atoms with van der Waals surface area (Å²) in [5.41, 5.74) is 0. The molecule has 0 N–H and O–H groups in total. The van der Waals surface area contributed by atoms with Crippen LogP contribution in [0.3, 0.4) is 0 Å². The molecule has 0 aromatic carbocycles. The zero-order valence-electron chi connectivity index (χ0n) is 9.99. The van der Waals surface area contributed by atoms with E-state index >= 15 is 0 Å². The summed E-state index contributed by atoms with van der Waals surface area (Å²) in [7, 11) is 0. The second kappa shape index (κ2) is 3.66. The van der Waals surface area contributed by atoms with Gasteiger partial charge in [0.2, 0.25) is 0 Å². The Balaban J connectivity index is 1.70. The summed E-state index contributed by atoms with van der Waals surface area (Å²) in [4.78, 5) is 11.3. The average Bonchev–Trinajstić information content (AvgIpc) is 2.20. The van der Waals surface area contributed by atoms with Gasteiger partial charge in [-0.3, -0.25) is 0 Å². The second-order valence-corrected chi connectivity index (χ2v) is 6.19. The molecule has 4 aliphatic carbocycles. The van der Waals surface area contributed by atoms with Crippen molar-refractivity contribution in [3.8, 4) is 0 Å². The van der Waals surface area contributed by atoms with E-state index in [4.69, 9.17) is 4.74 Å². The number of carbonyl (C=O) groups is 1. The molecule has 2 nitrogen and oxygen atoms in total. The van der Waals surface area contributed by atoms with E-state index in [-0.39, 0.29) is 6.10 Å². The first-order chi connectivity index (χ1) is 7.93. The molecule has 4 fully saturated rings. The van der Waals surface area contributed by atoms with E-state index in [2.05, 4.69) is 0 Å². The molecule has 4 aliphatic rings. The van der Waals surface area contributed by atoms with Gasteiger partial charge in [-0.1, -0.05) is 0 Å². The summed E-state index contributed by atoms with van der Waals surface area (Å²) < 4.78 is 30.8. The van der Waals surface area contributed by atoms with E-state index in [1.165, 1.54) is 6.42 Å². The Kier molecular flexibility index (Phi) is 2.46. The molecule has 4 saturated carbocycles. The van der Waals surface area contributed by atoms with Gasteiger partial charge in [0.05, 0.1) is 0 Å². The third-order valence-corrected chi connectivity index (χ3v) is 4.74. The minimum atomic E-state index is -3.35. The van der Waals surface area contributed by atoms with Crippen LogP contribution >= 0.6 is 0 Å². The Morgan fingerprint density at radius 1 is 1.06 bits per heavy atom. The molecule has 0 heterocycles. The fourth-order valence-corrected chi connectivity index (χ4v) is 4.29. The molecule has 0 spiro atoms. The van der Waals surface area contributed by atoms with Crippen LogP contribution in [0, 0.1) is 23.7 Å². The van der Waals surface area contributed by atoms with Crippen LogP contribution in [-0.4, -0.2) is 18.0 Å². The number of rotatable bonds is 2. The van der Waals surface area contributed by atoms with Gasteiger partial charge < -0.3 is 4.74 Å². The molecule has 0 radical (unpaired) electrons. The van der Waals surface area contributed by atoms with Crippen LogP contribution < -0.4 is 0 Å². The molecule has 17 heavy (non-hydrogen) atoms. The van der Waals surface area contributed by atoms with E-state index in [1.54, 1.807) is 0 Å². The molecule has 96 valence electrons. The maximum absolute atomic E-state index is 12.9. The number of ether oxygens (including phenoxy) is 1. The van der Waals surface area contributed by atoms with Gasteiger partial charge in [-0.05, 0) is 55.8 Å². The highest BCUT2D eigenvalue weighted by Gasteiger charge is 2.51. The first-order valence-electron chi connectivity index (χ1n) is 6.52. The lowest BCUT2D eigenvalue weighted by atomic mass is 9.55. The van der Waals surface area contributed by atoms with Crippen molar-refractivity contribution >= 4 is 5.97 Å². The third-order valence-electron chi connectivity index (χ3n) is 4.74. The van der Waals surface area contributed by atoms with Crippen molar-refractivity contribution in [3.63, 3.8) is 0 Å². The van der Waals surface area contributed by atoms with Crippen LogP contribution in [0.25, 0.3) is 0 Å². The average molecular weight is 244 g/mol. The van der Waals surface area contributed by atoms with Crippen LogP contribution in [0.15, 0.2) is 0 Å². The minimum Gasteiger partial charge on any atom is -0.457 e. The zero-order valence-corrected chi connectivity index (χ0v) is 9.99. The molecule has 4 bridgehead atoms. The van der Waals surface area contributed by atoms with Crippen molar-refractivity contribution in [1.29, 1.82) is 0 Å². The van der Waals surface area contributed by atoms with Gasteiger partial charge in [0, 0.05) is 6.92 Å². The summed E-state index contributed by atoms with van der Waals surface area (Å²) in [6.45, 7) is 0.616. The van der Waals surface area contributed by atoms with Crippen LogP contribution in [-0.2, 0) is 9.53 Å². The van der Waals surface area contributed by atoms with Crippen molar-refractivity contribution in [3.05, 3.63) is 0 Å². The summed E-state index contributed by atoms with van der Waals surface area (Å²) in [5.74, 6) is -2.48. The Labute approximate surface area is 99.7 Å². The largest absolute Gasteiger partial charge is 0.457 e. The highest BCUT2D eigenvalue weighted by Crippen LogP contribution is 2.54. The maximum Gasteiger partial charge on any atom is 0.376 e. The fraction of sp³-hybridized carbons (Fsp3) is 0.923. The standard InChI is InChI=1S/C13H18F2O2/c1-13(14,15)12(16)17-11-9-3-7-2-8(5-9)6-10(11)4-7/h7-11H,2-6H2,1H3. The molecule has 4 rings (SSSR count). The number of hydrogen-bond donors (Lipinski definition) is 0. The normalized spacial score (nSPS) is 43.8. The summed E-state index contributed by atoms with van der Waals surface area (Å²) in [6.07, 6.45) is 5.35. The van der Waals surface area contributed by atoms with Gasteiger partial charge in [0.1, 0.15) is 6.10 Å². The number of carbonyl (C=O) groups excluding carboxylic acids is 1. The first kappa shape index (κ1) is 11.4. The van der Waals surface area contributed by atoms with Gasteiger partial charge in [-0.2, -0.15) is 8.78 Å². The Morgan fingerprint density at radius 3 is 1.94 bits per heavy atom. The lowest BCUT2D eigenvalue weighted by molar-refractivity contribution is -0.193. The van der Waals surface area contributed by atoms with E-state index < -0.39 is 11.9 Å². The van der Waals surface area contributed by atoms with Crippen molar-refractivity contribution in [1.82, 2.24) is 0 Å². The van der Waals surface area contributed by atoms with Crippen molar-refractivity contribution < 1.29 is 18.3 Å². The molecular weight excluding hydrogens is 226 g/mol. The van der Waals surface area contributed by atoms with Gasteiger partial charge >= 0.3 is 11.9 Å². The van der Waals surface area contributed by atoms with E-state index in [9.17, 15) is 13.6 Å². The van der Waals surface area contributed by atoms with E-state index in [1.807, 2.05) is 0 Å². The van der Waals surface area contributed by atoms with Crippen LogP contribution in [0.5, 0.6) is 0 Å². The molecule has 0 atom stereocenters. The second-order valence-electron chi connectivity index (χ2n) is 6.19. The van der Waals surface area contributed by atoms with E-state index in [0.29, 0.717) is 18.8 Å². The fourth-order valence-electron chi connectivity index (χ4n) is 4.29. The predicted octanol–water partition coefficient (Wildman–Crippen LogP) is 3.01. The summed E-state index contributed by atoms with van der Waals surface area (Å²) in [5, 5.41) is 0. The van der Waals surface area contributed by atoms with Crippen molar-refractivity contribution in [2.45, 2.75) is 51.1 Å². The van der Waals surface area contributed by atoms with Crippen molar-refractivity contribution in [2.24, 2.45) is 23.7 Å². The Hall–Kier alpha value is -0.670. The number of halogens is 2. The SMILES string of the molecule is CC(F)(F)C(=O)OC1C2CC3CC(C2)CC1C3. The molecule has 0 aromatic rings. The van der Waals surface area contributed by atoms with Crippen LogP contribution in [0.4, 0.5) is 8.78 Å². The lowest BCUT2D eigenvalue weighted by Gasteiger charge is -2.53. The Morgan fingerprint density at radius 2 is 1.53 bits per heavy atom. The maximum atomic E-state index is 12.9. The highest BCUT2D eigenvalue weighted by atomic mass is 19.3. The molecule has 0 aromatic heterocycles. The minimum absolute atomic E-state index is 0.235. The molecule has 0 aliphatic heterocycles. The molecular formula is C13H18F2O2. The summed E-state index contributed by atoms with van der Waals surface area (Å²) in [6, 6.07) is 0. The van der Waals surface area contributed by atoms with E-state index in [0.717, 1.165) is 37.5 Å². The summed E-state index contributed by atoms with van der Waals surface area (Å²) >= 11 is 0. The number of hydrogen-bond acceptors (Lipinski definition) is 2. The quantitative estimate of drug-likeness (QED) is 0.698. The van der Waals surface area contributed by atoms with Gasteiger partial charge in [0.15, 0.2) is 0 Å². The third kappa shape index (κ3) is 1.95. The first-order valence-corrected chi connectivity index (χ1v) is 6.52. The van der Waals surface area contributed by atoms with Gasteiger partial charge in [-0.15, -0.1) is 0 Å². The van der Waals surface area contributed by atoms with Crippen LogP contribution in [0.2, 0.25) is 0 Å². The smallest absolute Gasteiger partial charge is 0.376 e. The zero-order chi connectivity index (χ0) is 12.2.